The van der Waals surface area contributed by atoms with Gasteiger partial charge >= 0.3 is 0 Å². The minimum Gasteiger partial charge on any atom is -0.507 e. The molecule has 11 nitrogen and oxygen atoms in total. The molecule has 0 amide bonds. The second kappa shape index (κ2) is 11.0. The highest BCUT2D eigenvalue weighted by atomic mass is 35.5. The van der Waals surface area contributed by atoms with Gasteiger partial charge in [0.2, 0.25) is 5.78 Å². The molecule has 2 aromatic rings. The van der Waals surface area contributed by atoms with Crippen molar-refractivity contribution in [3.63, 3.8) is 0 Å². The van der Waals surface area contributed by atoms with Gasteiger partial charge in [0.1, 0.15) is 22.8 Å². The van der Waals surface area contributed by atoms with Crippen LogP contribution in [0.15, 0.2) is 18.2 Å². The third-order valence-electron chi connectivity index (χ3n) is 8.13. The molecule has 1 saturated heterocycles. The van der Waals surface area contributed by atoms with Gasteiger partial charge in [0, 0.05) is 47.9 Å². The number of ketones is 3. The summed E-state index contributed by atoms with van der Waals surface area (Å²) in [6.07, 6.45) is -4.56. The fourth-order valence-corrected chi connectivity index (χ4v) is 6.12. The van der Waals surface area contributed by atoms with E-state index < -0.39 is 88.6 Å². The van der Waals surface area contributed by atoms with E-state index in [9.17, 15) is 34.8 Å². The quantitative estimate of drug-likeness (QED) is 0.273. The summed E-state index contributed by atoms with van der Waals surface area (Å²) in [5, 5.41) is 44.8. The highest BCUT2D eigenvalue weighted by Gasteiger charge is 2.50. The van der Waals surface area contributed by atoms with Crippen LogP contribution in [0.1, 0.15) is 82.7 Å². The lowest BCUT2D eigenvalue weighted by Crippen LogP contribution is -2.53. The van der Waals surface area contributed by atoms with E-state index in [4.69, 9.17) is 19.9 Å². The Morgan fingerprint density at radius 3 is 2.39 bits per heavy atom. The van der Waals surface area contributed by atoms with E-state index in [0.717, 1.165) is 0 Å². The van der Waals surface area contributed by atoms with E-state index in [-0.39, 0.29) is 53.3 Å². The number of rotatable bonds is 5. The standard InChI is InChI=1S/C29H33NO10.ClH/c1-11(2)28(36)29(37)9-14-20(17(10-29)40-18-8-15(30)23(31)12(3)39-18)27(35)22-21(25(14)33)24(32)13-6-5-7-16(38-4)19(13)26(22)34;/h5-7,11-12,15,17-18,23,31,33,35,37H,8-10,30H2,1-4H3;1H. The zero-order valence-corrected chi connectivity index (χ0v) is 23.9. The van der Waals surface area contributed by atoms with Crippen molar-refractivity contribution in [2.24, 2.45) is 11.7 Å². The number of methoxy groups -OCH3 is 1. The fraction of sp³-hybridized carbons (Fsp3) is 0.483. The van der Waals surface area contributed by atoms with Crippen LogP contribution in [-0.2, 0) is 20.7 Å². The minimum atomic E-state index is -2.02. The van der Waals surface area contributed by atoms with Crippen LogP contribution in [0, 0.1) is 5.92 Å². The maximum absolute atomic E-state index is 13.7. The number of aromatic hydroxyl groups is 2. The average Bonchev–Trinajstić information content (AvgIpc) is 2.90. The summed E-state index contributed by atoms with van der Waals surface area (Å²) in [6, 6.07) is 3.76. The van der Waals surface area contributed by atoms with Crippen LogP contribution >= 0.6 is 12.4 Å². The summed E-state index contributed by atoms with van der Waals surface area (Å²) in [5.41, 5.74) is 3.01. The molecule has 12 heteroatoms. The smallest absolute Gasteiger partial charge is 0.202 e. The van der Waals surface area contributed by atoms with Gasteiger partial charge in [0.15, 0.2) is 17.9 Å². The molecule has 1 heterocycles. The summed E-state index contributed by atoms with van der Waals surface area (Å²) >= 11 is 0. The van der Waals surface area contributed by atoms with Crippen molar-refractivity contribution in [3.8, 4) is 17.2 Å². The number of fused-ring (bicyclic) bond motifs is 3. The number of Topliss-reactive ketones (excluding diaryl/α,β-unsaturated/α-hetero) is 1. The lowest BCUT2D eigenvalue weighted by atomic mass is 9.70. The number of carbonyl (C=O) groups excluding carboxylic acids is 3. The van der Waals surface area contributed by atoms with Crippen molar-refractivity contribution in [2.45, 2.75) is 76.3 Å². The van der Waals surface area contributed by atoms with Crippen LogP contribution in [0.3, 0.4) is 0 Å². The molecule has 0 aromatic heterocycles. The maximum Gasteiger partial charge on any atom is 0.202 e. The van der Waals surface area contributed by atoms with Crippen LogP contribution in [0.4, 0.5) is 0 Å². The Hall–Kier alpha value is -3.06. The first-order chi connectivity index (χ1) is 18.8. The second-order valence-corrected chi connectivity index (χ2v) is 11.1. The Balaban J connectivity index is 0.00000387. The number of halogens is 1. The van der Waals surface area contributed by atoms with E-state index in [1.165, 1.54) is 25.3 Å². The molecule has 1 aliphatic heterocycles. The molecular formula is C29H34ClNO10. The molecule has 1 fully saturated rings. The number of aliphatic hydroxyl groups is 2. The second-order valence-electron chi connectivity index (χ2n) is 11.1. The van der Waals surface area contributed by atoms with Gasteiger partial charge in [0.25, 0.3) is 0 Å². The topological polar surface area (TPSA) is 186 Å². The van der Waals surface area contributed by atoms with Crippen molar-refractivity contribution in [1.82, 2.24) is 0 Å². The zero-order valence-electron chi connectivity index (χ0n) is 23.0. The molecule has 5 rings (SSSR count). The van der Waals surface area contributed by atoms with Crippen molar-refractivity contribution < 1.29 is 49.0 Å². The molecule has 0 radical (unpaired) electrons. The van der Waals surface area contributed by atoms with E-state index in [0.29, 0.717) is 0 Å². The molecule has 2 aromatic carbocycles. The van der Waals surface area contributed by atoms with Crippen LogP contribution < -0.4 is 10.5 Å². The van der Waals surface area contributed by atoms with Gasteiger partial charge in [-0.3, -0.25) is 14.4 Å². The first-order valence-electron chi connectivity index (χ1n) is 13.2. The molecule has 222 valence electrons. The SMILES string of the molecule is COc1cccc2c1C(=O)c1c(O)c3c(c(O)c1C2=O)CC(O)(C(=O)C(C)C)CC3OC1CC(N)C(O)C(C)O1.Cl. The molecule has 6 unspecified atom stereocenters. The molecule has 6 atom stereocenters. The van der Waals surface area contributed by atoms with Gasteiger partial charge in [-0.1, -0.05) is 26.0 Å². The monoisotopic (exact) mass is 591 g/mol. The Kier molecular flexibility index (Phi) is 8.27. The highest BCUT2D eigenvalue weighted by molar-refractivity contribution is 6.31. The lowest BCUT2D eigenvalue weighted by Gasteiger charge is -2.42. The lowest BCUT2D eigenvalue weighted by molar-refractivity contribution is -0.247. The van der Waals surface area contributed by atoms with Crippen molar-refractivity contribution in [3.05, 3.63) is 51.6 Å². The third-order valence-corrected chi connectivity index (χ3v) is 8.13. The van der Waals surface area contributed by atoms with Crippen molar-refractivity contribution in [2.75, 3.05) is 7.11 Å². The van der Waals surface area contributed by atoms with Gasteiger partial charge in [-0.25, -0.2) is 0 Å². The number of phenolic OH excluding ortho intramolecular Hbond substituents is 2. The number of nitrogens with two attached hydrogens (primary N) is 1. The number of ether oxygens (including phenoxy) is 3. The van der Waals surface area contributed by atoms with E-state index >= 15 is 0 Å². The molecule has 2 aliphatic carbocycles. The van der Waals surface area contributed by atoms with Crippen LogP contribution in [0.5, 0.6) is 17.2 Å². The van der Waals surface area contributed by atoms with Gasteiger partial charge in [0.05, 0.1) is 42.1 Å². The van der Waals surface area contributed by atoms with Gasteiger partial charge in [-0.2, -0.15) is 0 Å². The number of phenols is 2. The molecule has 6 N–H and O–H groups in total. The summed E-state index contributed by atoms with van der Waals surface area (Å²) < 4.78 is 17.2. The average molecular weight is 592 g/mol. The van der Waals surface area contributed by atoms with Crippen LogP contribution in [-0.4, -0.2) is 75.0 Å². The zero-order chi connectivity index (χ0) is 29.3. The van der Waals surface area contributed by atoms with Crippen LogP contribution in [0.25, 0.3) is 0 Å². The minimum absolute atomic E-state index is 0. The number of hydrogen-bond acceptors (Lipinski definition) is 11. The Morgan fingerprint density at radius 1 is 1.12 bits per heavy atom. The molecule has 41 heavy (non-hydrogen) atoms. The molecule has 0 bridgehead atoms. The number of carbonyl (C=O) groups is 3. The Bertz CT molecular complexity index is 1410. The largest absolute Gasteiger partial charge is 0.507 e. The summed E-state index contributed by atoms with van der Waals surface area (Å²) in [4.78, 5) is 40.5. The van der Waals surface area contributed by atoms with E-state index in [2.05, 4.69) is 0 Å². The predicted octanol–water partition coefficient (Wildman–Crippen LogP) is 2.09. The predicted molar refractivity (Wildman–Crippen MR) is 147 cm³/mol. The number of aliphatic hydroxyl groups excluding tert-OH is 1. The van der Waals surface area contributed by atoms with E-state index in [1.54, 1.807) is 20.8 Å². The van der Waals surface area contributed by atoms with Crippen molar-refractivity contribution in [1.29, 1.82) is 0 Å². The van der Waals surface area contributed by atoms with Gasteiger partial charge < -0.3 is 40.4 Å². The Morgan fingerprint density at radius 2 is 1.78 bits per heavy atom. The van der Waals surface area contributed by atoms with Crippen molar-refractivity contribution >= 4 is 29.8 Å². The fourth-order valence-electron chi connectivity index (χ4n) is 6.12. The van der Waals surface area contributed by atoms with Gasteiger partial charge in [-0.05, 0) is 13.0 Å². The summed E-state index contributed by atoms with van der Waals surface area (Å²) in [6.45, 7) is 4.85. The van der Waals surface area contributed by atoms with E-state index in [1.807, 2.05) is 0 Å². The maximum atomic E-state index is 13.7. The molecule has 0 saturated carbocycles. The highest BCUT2D eigenvalue weighted by Crippen LogP contribution is 2.52. The normalized spacial score (nSPS) is 28.8. The first-order valence-corrected chi connectivity index (χ1v) is 13.2. The first kappa shape index (κ1) is 30.9. The molecule has 0 spiro atoms. The number of hydrogen-bond donors (Lipinski definition) is 5. The number of benzene rings is 2. The van der Waals surface area contributed by atoms with Crippen LogP contribution in [0.2, 0.25) is 0 Å². The third kappa shape index (κ3) is 4.80. The molecular weight excluding hydrogens is 558 g/mol. The molecule has 3 aliphatic rings. The summed E-state index contributed by atoms with van der Waals surface area (Å²) in [7, 11) is 1.34. The van der Waals surface area contributed by atoms with Gasteiger partial charge in [-0.15, -0.1) is 12.4 Å². The summed E-state index contributed by atoms with van der Waals surface area (Å²) in [5.74, 6) is -3.66. The Labute approximate surface area is 242 Å².